The summed E-state index contributed by atoms with van der Waals surface area (Å²) >= 11 is 9.06. The molecule has 0 bridgehead atoms. The predicted octanol–water partition coefficient (Wildman–Crippen LogP) is 4.37. The van der Waals surface area contributed by atoms with Crippen molar-refractivity contribution in [1.82, 2.24) is 0 Å². The molecule has 2 aromatic carbocycles. The van der Waals surface area contributed by atoms with Crippen molar-refractivity contribution in [2.45, 2.75) is 6.92 Å². The molecule has 2 N–H and O–H groups in total. The topological polar surface area (TPSA) is 49.3 Å². The van der Waals surface area contributed by atoms with Gasteiger partial charge in [-0.1, -0.05) is 27.5 Å². The summed E-state index contributed by atoms with van der Waals surface area (Å²) in [6, 6.07) is 10.0. The maximum Gasteiger partial charge on any atom is 0.255 e. The van der Waals surface area contributed by atoms with Gasteiger partial charge >= 0.3 is 0 Å². The van der Waals surface area contributed by atoms with E-state index in [1.165, 1.54) is 12.1 Å². The van der Waals surface area contributed by atoms with Crippen molar-refractivity contribution in [1.29, 1.82) is 0 Å². The highest BCUT2D eigenvalue weighted by atomic mass is 79.9. The molecular formula is C14H11BrClNO2. The Balaban J connectivity index is 2.22. The summed E-state index contributed by atoms with van der Waals surface area (Å²) < 4.78 is 0.844. The van der Waals surface area contributed by atoms with Gasteiger partial charge in [-0.05, 0) is 42.8 Å². The Hall–Kier alpha value is -1.52. The molecule has 3 nitrogen and oxygen atoms in total. The molecule has 0 radical (unpaired) electrons. The van der Waals surface area contributed by atoms with Crippen LogP contribution in [0.15, 0.2) is 40.9 Å². The molecule has 0 fully saturated rings. The van der Waals surface area contributed by atoms with Gasteiger partial charge in [-0.25, -0.2) is 0 Å². The van der Waals surface area contributed by atoms with Gasteiger partial charge in [-0.15, -0.1) is 0 Å². The van der Waals surface area contributed by atoms with E-state index in [1.54, 1.807) is 18.2 Å². The number of carbonyl (C=O) groups is 1. The fourth-order valence-corrected chi connectivity index (χ4v) is 2.39. The summed E-state index contributed by atoms with van der Waals surface area (Å²) in [6.07, 6.45) is 0. The van der Waals surface area contributed by atoms with Crippen LogP contribution in [0.1, 0.15) is 15.9 Å². The first-order valence-electron chi connectivity index (χ1n) is 5.53. The summed E-state index contributed by atoms with van der Waals surface area (Å²) in [5.74, 6) is -0.309. The maximum atomic E-state index is 12.1. The highest BCUT2D eigenvalue weighted by Crippen LogP contribution is 2.26. The number of aromatic hydroxyl groups is 1. The molecule has 0 aromatic heterocycles. The van der Waals surface area contributed by atoms with Crippen LogP contribution in [0.4, 0.5) is 5.69 Å². The third-order valence-corrected chi connectivity index (χ3v) is 3.29. The molecule has 2 aromatic rings. The Morgan fingerprint density at radius 1 is 1.26 bits per heavy atom. The largest absolute Gasteiger partial charge is 0.506 e. The van der Waals surface area contributed by atoms with Crippen LogP contribution in [-0.4, -0.2) is 11.0 Å². The van der Waals surface area contributed by atoms with E-state index in [1.807, 2.05) is 13.0 Å². The molecule has 1 amide bonds. The van der Waals surface area contributed by atoms with Crippen molar-refractivity contribution < 1.29 is 9.90 Å². The molecule has 0 unspecified atom stereocenters. The minimum atomic E-state index is -0.244. The number of nitrogens with one attached hydrogen (secondary N) is 1. The second kappa shape index (κ2) is 5.63. The Bertz CT molecular complexity index is 623. The van der Waals surface area contributed by atoms with Crippen LogP contribution in [0.2, 0.25) is 5.02 Å². The number of carbonyl (C=O) groups excluding carboxylic acids is 1. The predicted molar refractivity (Wildman–Crippen MR) is 79.9 cm³/mol. The number of phenols is 1. The maximum absolute atomic E-state index is 12.1. The zero-order chi connectivity index (χ0) is 14.0. The number of rotatable bonds is 2. The van der Waals surface area contributed by atoms with Gasteiger partial charge in [-0.3, -0.25) is 4.79 Å². The summed E-state index contributed by atoms with van der Waals surface area (Å²) in [7, 11) is 0. The molecule has 0 heterocycles. The molecule has 0 aliphatic rings. The molecule has 0 aliphatic heterocycles. The van der Waals surface area contributed by atoms with Gasteiger partial charge < -0.3 is 10.4 Å². The van der Waals surface area contributed by atoms with Gasteiger partial charge in [0.15, 0.2) is 0 Å². The van der Waals surface area contributed by atoms with Crippen LogP contribution in [0.25, 0.3) is 0 Å². The van der Waals surface area contributed by atoms with Crippen LogP contribution in [0.5, 0.6) is 5.75 Å². The molecule has 0 atom stereocenters. The van der Waals surface area contributed by atoms with Crippen LogP contribution < -0.4 is 5.32 Å². The lowest BCUT2D eigenvalue weighted by molar-refractivity contribution is 0.102. The molecule has 0 aliphatic carbocycles. The van der Waals surface area contributed by atoms with Crippen LogP contribution >= 0.6 is 27.5 Å². The average molecular weight is 341 g/mol. The van der Waals surface area contributed by atoms with Crippen molar-refractivity contribution in [3.63, 3.8) is 0 Å². The normalized spacial score (nSPS) is 10.3. The van der Waals surface area contributed by atoms with Crippen molar-refractivity contribution >= 4 is 39.1 Å². The third-order valence-electron chi connectivity index (χ3n) is 2.51. The lowest BCUT2D eigenvalue weighted by Gasteiger charge is -2.07. The SMILES string of the molecule is Cc1cc(Br)cc(C(=O)Nc2ccc(Cl)c(O)c2)c1. The molecule has 5 heteroatoms. The summed E-state index contributed by atoms with van der Waals surface area (Å²) in [5.41, 5.74) is 2.02. The zero-order valence-corrected chi connectivity index (χ0v) is 12.4. The van der Waals surface area contributed by atoms with E-state index in [0.29, 0.717) is 11.3 Å². The number of hydrogen-bond acceptors (Lipinski definition) is 2. The minimum Gasteiger partial charge on any atom is -0.506 e. The molecular weight excluding hydrogens is 330 g/mol. The first-order chi connectivity index (χ1) is 8.95. The lowest BCUT2D eigenvalue weighted by atomic mass is 10.1. The number of benzene rings is 2. The second-order valence-electron chi connectivity index (χ2n) is 4.14. The molecule has 0 saturated heterocycles. The van der Waals surface area contributed by atoms with E-state index in [-0.39, 0.29) is 16.7 Å². The Morgan fingerprint density at radius 3 is 2.63 bits per heavy atom. The number of phenolic OH excluding ortho intramolecular Hbond substituents is 1. The quantitative estimate of drug-likeness (QED) is 0.853. The molecule has 0 saturated carbocycles. The van der Waals surface area contributed by atoms with Crippen LogP contribution in [0.3, 0.4) is 0 Å². The van der Waals surface area contributed by atoms with E-state index < -0.39 is 0 Å². The Kier molecular flexibility index (Phi) is 4.12. The van der Waals surface area contributed by atoms with E-state index in [0.717, 1.165) is 10.0 Å². The van der Waals surface area contributed by atoms with Crippen molar-refractivity contribution in [3.8, 4) is 5.75 Å². The van der Waals surface area contributed by atoms with Gasteiger partial charge in [0.1, 0.15) is 5.75 Å². The zero-order valence-electron chi connectivity index (χ0n) is 10.1. The van der Waals surface area contributed by atoms with Crippen molar-refractivity contribution in [3.05, 3.63) is 57.0 Å². The number of halogens is 2. The fourth-order valence-electron chi connectivity index (χ4n) is 1.66. The highest BCUT2D eigenvalue weighted by molar-refractivity contribution is 9.10. The monoisotopic (exact) mass is 339 g/mol. The third kappa shape index (κ3) is 3.49. The standard InChI is InChI=1S/C14H11BrClNO2/c1-8-4-9(6-10(15)5-8)14(19)17-11-2-3-12(16)13(18)7-11/h2-7,18H,1H3,(H,17,19). The fraction of sp³-hybridized carbons (Fsp3) is 0.0714. The number of hydrogen-bond donors (Lipinski definition) is 2. The summed E-state index contributed by atoms with van der Waals surface area (Å²) in [4.78, 5) is 12.1. The first kappa shape index (κ1) is 13.9. The van der Waals surface area contributed by atoms with Gasteiger partial charge in [0, 0.05) is 21.8 Å². The molecule has 98 valence electrons. The number of anilines is 1. The molecule has 2 rings (SSSR count). The molecule has 19 heavy (non-hydrogen) atoms. The van der Waals surface area contributed by atoms with E-state index >= 15 is 0 Å². The van der Waals surface area contributed by atoms with Crippen LogP contribution in [-0.2, 0) is 0 Å². The lowest BCUT2D eigenvalue weighted by Crippen LogP contribution is -2.12. The van der Waals surface area contributed by atoms with E-state index in [2.05, 4.69) is 21.2 Å². The van der Waals surface area contributed by atoms with Crippen LogP contribution in [0, 0.1) is 6.92 Å². The van der Waals surface area contributed by atoms with E-state index in [9.17, 15) is 9.90 Å². The smallest absolute Gasteiger partial charge is 0.255 e. The number of aryl methyl sites for hydroxylation is 1. The van der Waals surface area contributed by atoms with E-state index in [4.69, 9.17) is 11.6 Å². The average Bonchev–Trinajstić information content (AvgIpc) is 2.32. The van der Waals surface area contributed by atoms with Gasteiger partial charge in [0.05, 0.1) is 5.02 Å². The van der Waals surface area contributed by atoms with Gasteiger partial charge in [-0.2, -0.15) is 0 Å². The van der Waals surface area contributed by atoms with Gasteiger partial charge in [0.2, 0.25) is 0 Å². The first-order valence-corrected chi connectivity index (χ1v) is 6.70. The molecule has 0 spiro atoms. The Labute approximate surface area is 124 Å². The second-order valence-corrected chi connectivity index (χ2v) is 5.46. The van der Waals surface area contributed by atoms with Gasteiger partial charge in [0.25, 0.3) is 5.91 Å². The minimum absolute atomic E-state index is 0.0649. The van der Waals surface area contributed by atoms with Crippen molar-refractivity contribution in [2.24, 2.45) is 0 Å². The Morgan fingerprint density at radius 2 is 2.00 bits per heavy atom. The highest BCUT2D eigenvalue weighted by Gasteiger charge is 2.08. The summed E-state index contributed by atoms with van der Waals surface area (Å²) in [5, 5.41) is 12.4. The van der Waals surface area contributed by atoms with Crippen molar-refractivity contribution in [2.75, 3.05) is 5.32 Å². The summed E-state index contributed by atoms with van der Waals surface area (Å²) in [6.45, 7) is 1.91. The number of amides is 1.